The molecule has 0 radical (unpaired) electrons. The van der Waals surface area contributed by atoms with E-state index in [-0.39, 0.29) is 5.82 Å². The van der Waals surface area contributed by atoms with Crippen LogP contribution in [0.3, 0.4) is 0 Å². The number of alkyl halides is 3. The number of amides is 1. The van der Waals surface area contributed by atoms with Gasteiger partial charge in [-0.3, -0.25) is 9.48 Å². The SMILES string of the molecule is Cn1cc(-c2ccc3ncc(C(O)c4ccc5nc(NC(=O)C(F)(F)F)cn5c4)n3n2)cn1. The highest BCUT2D eigenvalue weighted by molar-refractivity contribution is 5.94. The first-order valence-electron chi connectivity index (χ1n) is 9.57. The van der Waals surface area contributed by atoms with E-state index < -0.39 is 18.2 Å². The fraction of sp³-hybridized carbons (Fsp3) is 0.150. The number of carbonyl (C=O) groups is 1. The standard InChI is InChI=1S/C20H15F3N8O2/c1-29-8-12(6-25-29)13-3-5-16-24-7-14(31(16)28-13)18(32)11-2-4-17-26-15(10-30(17)9-11)27-19(33)20(21,22)23/h2-10,18,32H,1H3,(H,27,33). The van der Waals surface area contributed by atoms with Gasteiger partial charge in [-0.15, -0.1) is 0 Å². The zero-order valence-electron chi connectivity index (χ0n) is 16.9. The van der Waals surface area contributed by atoms with E-state index in [1.54, 1.807) is 41.4 Å². The Hall–Kier alpha value is -4.26. The van der Waals surface area contributed by atoms with Crippen molar-refractivity contribution in [3.63, 3.8) is 0 Å². The van der Waals surface area contributed by atoms with Gasteiger partial charge in [0.05, 0.1) is 30.0 Å². The van der Waals surface area contributed by atoms with E-state index in [0.717, 1.165) is 5.56 Å². The molecule has 0 aliphatic heterocycles. The third-order valence-corrected chi connectivity index (χ3v) is 4.96. The van der Waals surface area contributed by atoms with Crippen molar-refractivity contribution in [2.24, 2.45) is 7.05 Å². The molecule has 0 spiro atoms. The molecule has 1 atom stereocenters. The number of nitrogens with one attached hydrogen (secondary N) is 1. The molecule has 33 heavy (non-hydrogen) atoms. The molecule has 0 saturated heterocycles. The maximum atomic E-state index is 12.5. The van der Waals surface area contributed by atoms with Gasteiger partial charge in [0.2, 0.25) is 0 Å². The van der Waals surface area contributed by atoms with Crippen molar-refractivity contribution in [3.8, 4) is 11.3 Å². The Balaban J connectivity index is 1.48. The largest absolute Gasteiger partial charge is 0.471 e. The van der Waals surface area contributed by atoms with Crippen molar-refractivity contribution in [2.75, 3.05) is 5.32 Å². The van der Waals surface area contributed by atoms with Crippen molar-refractivity contribution in [1.29, 1.82) is 0 Å². The Morgan fingerprint density at radius 2 is 1.88 bits per heavy atom. The molecule has 1 unspecified atom stereocenters. The maximum Gasteiger partial charge on any atom is 0.471 e. The van der Waals surface area contributed by atoms with E-state index >= 15 is 0 Å². The van der Waals surface area contributed by atoms with Gasteiger partial charge in [0.15, 0.2) is 11.5 Å². The first kappa shape index (κ1) is 20.6. The second kappa shape index (κ2) is 7.41. The fourth-order valence-corrected chi connectivity index (χ4v) is 3.37. The van der Waals surface area contributed by atoms with Crippen LogP contribution in [0.5, 0.6) is 0 Å². The van der Waals surface area contributed by atoms with Gasteiger partial charge in [-0.1, -0.05) is 6.07 Å². The van der Waals surface area contributed by atoms with E-state index in [9.17, 15) is 23.1 Å². The van der Waals surface area contributed by atoms with Crippen LogP contribution in [0.25, 0.3) is 22.6 Å². The molecule has 5 aromatic heterocycles. The molecule has 10 nitrogen and oxygen atoms in total. The number of anilines is 1. The Morgan fingerprint density at radius 3 is 2.61 bits per heavy atom. The summed E-state index contributed by atoms with van der Waals surface area (Å²) in [5.41, 5.74) is 3.06. The number of aliphatic hydroxyl groups is 1. The summed E-state index contributed by atoms with van der Waals surface area (Å²) in [5, 5.41) is 21.4. The first-order valence-corrected chi connectivity index (χ1v) is 9.57. The summed E-state index contributed by atoms with van der Waals surface area (Å²) in [6, 6.07) is 6.65. The number of halogens is 3. The van der Waals surface area contributed by atoms with Crippen LogP contribution in [0.15, 0.2) is 55.2 Å². The molecule has 0 bridgehead atoms. The number of hydrogen-bond donors (Lipinski definition) is 2. The number of fused-ring (bicyclic) bond motifs is 2. The smallest absolute Gasteiger partial charge is 0.382 e. The van der Waals surface area contributed by atoms with Gasteiger partial charge in [0.1, 0.15) is 11.8 Å². The van der Waals surface area contributed by atoms with Crippen LogP contribution in [0.4, 0.5) is 19.0 Å². The first-order chi connectivity index (χ1) is 15.7. The predicted molar refractivity (Wildman–Crippen MR) is 109 cm³/mol. The van der Waals surface area contributed by atoms with Gasteiger partial charge < -0.3 is 14.8 Å². The number of hydrogen-bond acceptors (Lipinski definition) is 6. The highest BCUT2D eigenvalue weighted by atomic mass is 19.4. The Kier molecular flexibility index (Phi) is 4.63. The summed E-state index contributed by atoms with van der Waals surface area (Å²) < 4.78 is 42.0. The van der Waals surface area contributed by atoms with Crippen LogP contribution >= 0.6 is 0 Å². The molecule has 168 valence electrons. The summed E-state index contributed by atoms with van der Waals surface area (Å²) in [5.74, 6) is -2.38. The zero-order valence-corrected chi connectivity index (χ0v) is 16.9. The molecular formula is C20H15F3N8O2. The number of rotatable bonds is 4. The minimum Gasteiger partial charge on any atom is -0.382 e. The molecule has 0 fully saturated rings. The average Bonchev–Trinajstić information content (AvgIpc) is 3.48. The lowest BCUT2D eigenvalue weighted by Crippen LogP contribution is -2.30. The fourth-order valence-electron chi connectivity index (χ4n) is 3.37. The van der Waals surface area contributed by atoms with E-state index in [0.29, 0.717) is 28.2 Å². The number of aromatic nitrogens is 7. The summed E-state index contributed by atoms with van der Waals surface area (Å²) >= 11 is 0. The Bertz CT molecular complexity index is 1500. The maximum absolute atomic E-state index is 12.5. The monoisotopic (exact) mass is 456 g/mol. The second-order valence-corrected chi connectivity index (χ2v) is 7.28. The van der Waals surface area contributed by atoms with Crippen molar-refractivity contribution in [3.05, 3.63) is 66.5 Å². The van der Waals surface area contributed by atoms with Crippen molar-refractivity contribution >= 4 is 23.0 Å². The zero-order chi connectivity index (χ0) is 23.3. The normalized spacial score (nSPS) is 13.0. The van der Waals surface area contributed by atoms with Gasteiger partial charge in [-0.25, -0.2) is 14.5 Å². The van der Waals surface area contributed by atoms with Crippen molar-refractivity contribution < 1.29 is 23.1 Å². The van der Waals surface area contributed by atoms with Gasteiger partial charge in [0.25, 0.3) is 0 Å². The summed E-state index contributed by atoms with van der Waals surface area (Å²) in [6.07, 6.45) is 1.53. The third-order valence-electron chi connectivity index (χ3n) is 4.96. The molecule has 5 heterocycles. The summed E-state index contributed by atoms with van der Waals surface area (Å²) in [6.45, 7) is 0. The minimum atomic E-state index is -5.03. The molecule has 13 heteroatoms. The van der Waals surface area contributed by atoms with E-state index in [1.807, 2.05) is 6.20 Å². The van der Waals surface area contributed by atoms with E-state index in [1.165, 1.54) is 33.6 Å². The van der Waals surface area contributed by atoms with Crippen LogP contribution in [0.2, 0.25) is 0 Å². The van der Waals surface area contributed by atoms with E-state index in [2.05, 4.69) is 20.2 Å². The molecule has 0 aliphatic rings. The number of pyridine rings is 1. The minimum absolute atomic E-state index is 0.262. The molecule has 0 aliphatic carbocycles. The van der Waals surface area contributed by atoms with Crippen LogP contribution in [0.1, 0.15) is 17.4 Å². The van der Waals surface area contributed by atoms with E-state index in [4.69, 9.17) is 0 Å². The van der Waals surface area contributed by atoms with Gasteiger partial charge in [-0.2, -0.15) is 23.4 Å². The van der Waals surface area contributed by atoms with Crippen molar-refractivity contribution in [2.45, 2.75) is 12.3 Å². The Morgan fingerprint density at radius 1 is 1.09 bits per heavy atom. The van der Waals surface area contributed by atoms with Crippen LogP contribution in [-0.2, 0) is 11.8 Å². The molecular weight excluding hydrogens is 441 g/mol. The highest BCUT2D eigenvalue weighted by Crippen LogP contribution is 2.25. The summed E-state index contributed by atoms with van der Waals surface area (Å²) in [4.78, 5) is 19.4. The van der Waals surface area contributed by atoms with Crippen LogP contribution in [-0.4, -0.2) is 51.0 Å². The number of aryl methyl sites for hydroxylation is 1. The van der Waals surface area contributed by atoms with Gasteiger partial charge >= 0.3 is 12.1 Å². The number of nitrogens with zero attached hydrogens (tertiary/aromatic N) is 7. The summed E-state index contributed by atoms with van der Waals surface area (Å²) in [7, 11) is 1.79. The second-order valence-electron chi connectivity index (χ2n) is 7.28. The lowest BCUT2D eigenvalue weighted by atomic mass is 10.1. The van der Waals surface area contributed by atoms with Crippen LogP contribution in [0, 0.1) is 0 Å². The number of carbonyl (C=O) groups excluding carboxylic acids is 1. The molecule has 5 aromatic rings. The third kappa shape index (κ3) is 3.78. The molecule has 0 saturated carbocycles. The number of aliphatic hydroxyl groups excluding tert-OH is 1. The average molecular weight is 456 g/mol. The lowest BCUT2D eigenvalue weighted by molar-refractivity contribution is -0.167. The molecule has 2 N–H and O–H groups in total. The molecule has 1 amide bonds. The van der Waals surface area contributed by atoms with Gasteiger partial charge in [0, 0.05) is 30.6 Å². The molecule has 0 aromatic carbocycles. The molecule has 5 rings (SSSR count). The lowest BCUT2D eigenvalue weighted by Gasteiger charge is -2.11. The predicted octanol–water partition coefficient (Wildman–Crippen LogP) is 2.36. The Labute approximate surface area is 182 Å². The quantitative estimate of drug-likeness (QED) is 0.429. The number of imidazole rings is 2. The highest BCUT2D eigenvalue weighted by Gasteiger charge is 2.39. The van der Waals surface area contributed by atoms with Crippen LogP contribution < -0.4 is 5.32 Å². The van der Waals surface area contributed by atoms with Gasteiger partial charge in [-0.05, 0) is 18.2 Å². The topological polar surface area (TPSA) is 115 Å². The van der Waals surface area contributed by atoms with Crippen molar-refractivity contribution in [1.82, 2.24) is 33.8 Å².